The minimum absolute atomic E-state index is 0.0490. The van der Waals surface area contributed by atoms with Gasteiger partial charge >= 0.3 is 0 Å². The van der Waals surface area contributed by atoms with Crippen LogP contribution in [0.2, 0.25) is 0 Å². The van der Waals surface area contributed by atoms with Gasteiger partial charge in [0.1, 0.15) is 5.01 Å². The number of rotatable bonds is 5. The predicted octanol–water partition coefficient (Wildman–Crippen LogP) is 3.14. The van der Waals surface area contributed by atoms with E-state index in [0.29, 0.717) is 10.9 Å². The van der Waals surface area contributed by atoms with E-state index in [-0.39, 0.29) is 5.91 Å². The summed E-state index contributed by atoms with van der Waals surface area (Å²) < 4.78 is 0. The van der Waals surface area contributed by atoms with Crippen LogP contribution in [0.1, 0.15) is 17.5 Å². The van der Waals surface area contributed by atoms with Crippen LogP contribution in [0.5, 0.6) is 0 Å². The maximum absolute atomic E-state index is 11.8. The highest BCUT2D eigenvalue weighted by atomic mass is 32.2. The molecule has 0 spiro atoms. The van der Waals surface area contributed by atoms with Crippen LogP contribution in [-0.4, -0.2) is 21.9 Å². The lowest BCUT2D eigenvalue weighted by Gasteiger charge is -2.04. The molecule has 100 valence electrons. The first kappa shape index (κ1) is 14.0. The fourth-order valence-corrected chi connectivity index (χ4v) is 2.99. The molecule has 2 rings (SSSR count). The van der Waals surface area contributed by atoms with Gasteiger partial charge in [-0.25, -0.2) is 0 Å². The molecular weight excluding hydrogens is 278 g/mol. The van der Waals surface area contributed by atoms with Crippen molar-refractivity contribution in [2.24, 2.45) is 0 Å². The van der Waals surface area contributed by atoms with Crippen molar-refractivity contribution < 1.29 is 4.79 Å². The molecular formula is C13H15N3OS2. The normalized spacial score (nSPS) is 10.4. The number of hydrogen-bond acceptors (Lipinski definition) is 5. The molecule has 0 radical (unpaired) electrons. The van der Waals surface area contributed by atoms with Crippen molar-refractivity contribution in [3.63, 3.8) is 0 Å². The van der Waals surface area contributed by atoms with Gasteiger partial charge in [-0.2, -0.15) is 0 Å². The van der Waals surface area contributed by atoms with Crippen LogP contribution in [0.25, 0.3) is 0 Å². The Kier molecular flexibility index (Phi) is 4.93. The summed E-state index contributed by atoms with van der Waals surface area (Å²) in [5, 5.41) is 12.2. The molecule has 1 amide bonds. The van der Waals surface area contributed by atoms with Crippen molar-refractivity contribution in [2.75, 3.05) is 11.1 Å². The summed E-state index contributed by atoms with van der Waals surface area (Å²) in [6, 6.07) is 8.03. The molecule has 0 fully saturated rings. The van der Waals surface area contributed by atoms with Gasteiger partial charge in [0.15, 0.2) is 0 Å². The Hall–Kier alpha value is -1.40. The lowest BCUT2D eigenvalue weighted by molar-refractivity contribution is -0.113. The van der Waals surface area contributed by atoms with E-state index in [1.165, 1.54) is 28.7 Å². The third-order valence-corrected chi connectivity index (χ3v) is 4.63. The van der Waals surface area contributed by atoms with Gasteiger partial charge in [-0.3, -0.25) is 10.1 Å². The van der Waals surface area contributed by atoms with Crippen LogP contribution in [0.3, 0.4) is 0 Å². The molecule has 1 aromatic carbocycles. The first-order valence-corrected chi connectivity index (χ1v) is 7.80. The lowest BCUT2D eigenvalue weighted by atomic mass is 10.2. The number of nitrogens with one attached hydrogen (secondary N) is 1. The highest BCUT2D eigenvalue weighted by Crippen LogP contribution is 2.22. The van der Waals surface area contributed by atoms with E-state index in [0.717, 1.165) is 16.3 Å². The fourth-order valence-electron chi connectivity index (χ4n) is 1.46. The average Bonchev–Trinajstić information content (AvgIpc) is 2.85. The Balaban J connectivity index is 1.86. The maximum atomic E-state index is 11.8. The number of thioether (sulfide) groups is 1. The van der Waals surface area contributed by atoms with Gasteiger partial charge in [0.2, 0.25) is 11.0 Å². The van der Waals surface area contributed by atoms with Crippen LogP contribution in [-0.2, 0) is 11.2 Å². The van der Waals surface area contributed by atoms with Gasteiger partial charge in [0.25, 0.3) is 0 Å². The Bertz CT molecular complexity index is 569. The standard InChI is InChI=1S/C13H15N3OS2/c1-3-12-15-16-13(19-12)14-11(17)8-18-10-7-5-4-6-9(10)2/h4-7H,3,8H2,1-2H3,(H,14,16,17). The quantitative estimate of drug-likeness (QED) is 0.860. The molecule has 2 aromatic rings. The summed E-state index contributed by atoms with van der Waals surface area (Å²) in [6.45, 7) is 4.05. The van der Waals surface area contributed by atoms with E-state index in [2.05, 4.69) is 15.5 Å². The zero-order chi connectivity index (χ0) is 13.7. The van der Waals surface area contributed by atoms with Crippen molar-refractivity contribution in [1.29, 1.82) is 0 Å². The molecule has 0 saturated carbocycles. The average molecular weight is 293 g/mol. The number of aryl methyl sites for hydroxylation is 2. The van der Waals surface area contributed by atoms with E-state index in [4.69, 9.17) is 0 Å². The monoisotopic (exact) mass is 293 g/mol. The molecule has 0 aliphatic rings. The summed E-state index contributed by atoms with van der Waals surface area (Å²) in [4.78, 5) is 12.9. The molecule has 0 unspecified atom stereocenters. The van der Waals surface area contributed by atoms with Crippen LogP contribution in [0.15, 0.2) is 29.2 Å². The molecule has 1 aromatic heterocycles. The zero-order valence-electron chi connectivity index (χ0n) is 10.8. The van der Waals surface area contributed by atoms with E-state index >= 15 is 0 Å². The van der Waals surface area contributed by atoms with E-state index < -0.39 is 0 Å². The number of anilines is 1. The molecule has 19 heavy (non-hydrogen) atoms. The van der Waals surface area contributed by atoms with Gasteiger partial charge in [-0.15, -0.1) is 22.0 Å². The molecule has 1 N–H and O–H groups in total. The second-order valence-electron chi connectivity index (χ2n) is 3.96. The Morgan fingerprint density at radius 2 is 2.16 bits per heavy atom. The number of hydrogen-bond donors (Lipinski definition) is 1. The number of carbonyl (C=O) groups is 1. The molecule has 6 heteroatoms. The number of nitrogens with zero attached hydrogens (tertiary/aromatic N) is 2. The van der Waals surface area contributed by atoms with Gasteiger partial charge in [0.05, 0.1) is 5.75 Å². The van der Waals surface area contributed by atoms with Crippen LogP contribution >= 0.6 is 23.1 Å². The first-order chi connectivity index (χ1) is 9.19. The van der Waals surface area contributed by atoms with E-state index in [1.807, 2.05) is 38.1 Å². The summed E-state index contributed by atoms with van der Waals surface area (Å²) in [6.07, 6.45) is 0.839. The molecule has 1 heterocycles. The Morgan fingerprint density at radius 1 is 1.37 bits per heavy atom. The van der Waals surface area contributed by atoms with Crippen LogP contribution < -0.4 is 5.32 Å². The SMILES string of the molecule is CCc1nnc(NC(=O)CSc2ccccc2C)s1. The van der Waals surface area contributed by atoms with Gasteiger partial charge < -0.3 is 0 Å². The van der Waals surface area contributed by atoms with Crippen molar-refractivity contribution in [3.8, 4) is 0 Å². The summed E-state index contributed by atoms with van der Waals surface area (Å²) >= 11 is 2.95. The summed E-state index contributed by atoms with van der Waals surface area (Å²) in [5.41, 5.74) is 1.18. The number of carbonyl (C=O) groups excluding carboxylic acids is 1. The number of benzene rings is 1. The largest absolute Gasteiger partial charge is 0.300 e. The minimum atomic E-state index is -0.0490. The van der Waals surface area contributed by atoms with Crippen molar-refractivity contribution in [3.05, 3.63) is 34.8 Å². The summed E-state index contributed by atoms with van der Waals surface area (Å²) in [5.74, 6) is 0.332. The molecule has 0 aliphatic carbocycles. The molecule has 4 nitrogen and oxygen atoms in total. The molecule has 0 atom stereocenters. The van der Waals surface area contributed by atoms with Crippen LogP contribution in [0.4, 0.5) is 5.13 Å². The van der Waals surface area contributed by atoms with Crippen molar-refractivity contribution >= 4 is 34.1 Å². The molecule has 0 bridgehead atoms. The van der Waals surface area contributed by atoms with Gasteiger partial charge in [-0.05, 0) is 25.0 Å². The van der Waals surface area contributed by atoms with Gasteiger partial charge in [0, 0.05) is 4.90 Å². The highest BCUT2D eigenvalue weighted by molar-refractivity contribution is 8.00. The number of amides is 1. The Morgan fingerprint density at radius 3 is 2.84 bits per heavy atom. The smallest absolute Gasteiger partial charge is 0.236 e. The van der Waals surface area contributed by atoms with E-state index in [1.54, 1.807) is 0 Å². The fraction of sp³-hybridized carbons (Fsp3) is 0.308. The zero-order valence-corrected chi connectivity index (χ0v) is 12.5. The third kappa shape index (κ3) is 4.04. The number of aromatic nitrogens is 2. The van der Waals surface area contributed by atoms with Crippen molar-refractivity contribution in [2.45, 2.75) is 25.2 Å². The minimum Gasteiger partial charge on any atom is -0.300 e. The van der Waals surface area contributed by atoms with Gasteiger partial charge in [-0.1, -0.05) is 36.5 Å². The maximum Gasteiger partial charge on any atom is 0.236 e. The van der Waals surface area contributed by atoms with E-state index in [9.17, 15) is 4.79 Å². The topological polar surface area (TPSA) is 54.9 Å². The molecule has 0 aliphatic heterocycles. The summed E-state index contributed by atoms with van der Waals surface area (Å²) in [7, 11) is 0. The third-order valence-electron chi connectivity index (χ3n) is 2.47. The lowest BCUT2D eigenvalue weighted by Crippen LogP contribution is -2.13. The van der Waals surface area contributed by atoms with Crippen molar-refractivity contribution in [1.82, 2.24) is 10.2 Å². The molecule has 0 saturated heterocycles. The first-order valence-electron chi connectivity index (χ1n) is 5.99. The second-order valence-corrected chi connectivity index (χ2v) is 6.04. The van der Waals surface area contributed by atoms with Crippen LogP contribution in [0, 0.1) is 6.92 Å². The Labute approximate surface area is 120 Å². The predicted molar refractivity (Wildman–Crippen MR) is 79.8 cm³/mol. The highest BCUT2D eigenvalue weighted by Gasteiger charge is 2.08. The second kappa shape index (κ2) is 6.68.